The lowest BCUT2D eigenvalue weighted by Crippen LogP contribution is -2.27. The van der Waals surface area contributed by atoms with Gasteiger partial charge in [0.05, 0.1) is 0 Å². The standard InChI is InChI=1S/C6H11N3O/c1-5(7)3-4-9(2)6(8)10/h3-4H,1,7H2,2H3,(H2,8,10)/b4-3-. The Kier molecular flexibility index (Phi) is 3.04. The lowest BCUT2D eigenvalue weighted by molar-refractivity contribution is 0.231. The quantitative estimate of drug-likeness (QED) is 0.530. The minimum atomic E-state index is -0.530. The molecule has 4 N–H and O–H groups in total. The predicted molar refractivity (Wildman–Crippen MR) is 39.8 cm³/mol. The van der Waals surface area contributed by atoms with Crippen molar-refractivity contribution in [3.63, 3.8) is 0 Å². The summed E-state index contributed by atoms with van der Waals surface area (Å²) in [4.78, 5) is 11.5. The summed E-state index contributed by atoms with van der Waals surface area (Å²) in [7, 11) is 1.53. The van der Waals surface area contributed by atoms with E-state index in [9.17, 15) is 4.79 Å². The summed E-state index contributed by atoms with van der Waals surface area (Å²) in [5.74, 6) is 0. The van der Waals surface area contributed by atoms with Gasteiger partial charge >= 0.3 is 6.03 Å². The molecule has 0 rings (SSSR count). The summed E-state index contributed by atoms with van der Waals surface area (Å²) >= 11 is 0. The van der Waals surface area contributed by atoms with Gasteiger partial charge in [0, 0.05) is 18.9 Å². The van der Waals surface area contributed by atoms with Gasteiger partial charge in [-0.25, -0.2) is 4.79 Å². The van der Waals surface area contributed by atoms with Gasteiger partial charge in [-0.2, -0.15) is 0 Å². The van der Waals surface area contributed by atoms with Crippen LogP contribution in [0.1, 0.15) is 0 Å². The number of hydrogen-bond donors (Lipinski definition) is 2. The SMILES string of the molecule is C=C(N)/C=C\N(C)C(N)=O. The van der Waals surface area contributed by atoms with Crippen LogP contribution in [0, 0.1) is 0 Å². The van der Waals surface area contributed by atoms with Crippen LogP contribution >= 0.6 is 0 Å². The van der Waals surface area contributed by atoms with Crippen molar-refractivity contribution in [3.8, 4) is 0 Å². The maximum absolute atomic E-state index is 10.3. The summed E-state index contributed by atoms with van der Waals surface area (Å²) in [6.07, 6.45) is 2.94. The number of nitrogens with zero attached hydrogens (tertiary/aromatic N) is 1. The molecule has 2 amide bonds. The fraction of sp³-hybridized carbons (Fsp3) is 0.167. The molecule has 10 heavy (non-hydrogen) atoms. The van der Waals surface area contributed by atoms with Crippen LogP contribution in [0.15, 0.2) is 24.6 Å². The molecule has 0 aromatic rings. The second-order valence-electron chi connectivity index (χ2n) is 1.84. The minimum Gasteiger partial charge on any atom is -0.399 e. The van der Waals surface area contributed by atoms with Crippen molar-refractivity contribution in [3.05, 3.63) is 24.6 Å². The predicted octanol–water partition coefficient (Wildman–Crippen LogP) is -0.0170. The lowest BCUT2D eigenvalue weighted by Gasteiger charge is -2.05. The Labute approximate surface area is 59.8 Å². The van der Waals surface area contributed by atoms with Gasteiger partial charge in [-0.05, 0) is 6.08 Å². The van der Waals surface area contributed by atoms with E-state index in [1.165, 1.54) is 24.2 Å². The van der Waals surface area contributed by atoms with Crippen LogP contribution in [0.3, 0.4) is 0 Å². The molecule has 0 bridgehead atoms. The highest BCUT2D eigenvalue weighted by molar-refractivity contribution is 5.72. The maximum atomic E-state index is 10.3. The number of hydrogen-bond acceptors (Lipinski definition) is 2. The van der Waals surface area contributed by atoms with Gasteiger partial charge in [-0.3, -0.25) is 0 Å². The third-order valence-electron chi connectivity index (χ3n) is 0.860. The number of carbonyl (C=O) groups is 1. The Bertz CT molecular complexity index is 174. The highest BCUT2D eigenvalue weighted by atomic mass is 16.2. The molecule has 0 aliphatic heterocycles. The summed E-state index contributed by atoms with van der Waals surface area (Å²) in [6.45, 7) is 3.40. The van der Waals surface area contributed by atoms with Crippen LogP contribution in [0.2, 0.25) is 0 Å². The number of urea groups is 1. The van der Waals surface area contributed by atoms with Crippen molar-refractivity contribution in [2.75, 3.05) is 7.05 Å². The zero-order valence-electron chi connectivity index (χ0n) is 5.87. The maximum Gasteiger partial charge on any atom is 0.318 e. The van der Waals surface area contributed by atoms with E-state index in [1.54, 1.807) is 0 Å². The Balaban J connectivity index is 3.89. The number of nitrogens with two attached hydrogens (primary N) is 2. The molecule has 0 aliphatic carbocycles. The molecule has 0 fully saturated rings. The third-order valence-corrected chi connectivity index (χ3v) is 0.860. The normalized spacial score (nSPS) is 9.70. The fourth-order valence-corrected chi connectivity index (χ4v) is 0.281. The van der Waals surface area contributed by atoms with E-state index < -0.39 is 6.03 Å². The highest BCUT2D eigenvalue weighted by Crippen LogP contribution is 1.86. The van der Waals surface area contributed by atoms with Crippen LogP contribution in [0.5, 0.6) is 0 Å². The van der Waals surface area contributed by atoms with Crippen molar-refractivity contribution >= 4 is 6.03 Å². The fourth-order valence-electron chi connectivity index (χ4n) is 0.281. The molecule has 0 atom stereocenters. The molecule has 0 radical (unpaired) electrons. The van der Waals surface area contributed by atoms with Gasteiger partial charge in [0.2, 0.25) is 0 Å². The van der Waals surface area contributed by atoms with Crippen molar-refractivity contribution < 1.29 is 4.79 Å². The molecule has 0 heterocycles. The van der Waals surface area contributed by atoms with Gasteiger partial charge in [0.15, 0.2) is 0 Å². The van der Waals surface area contributed by atoms with E-state index in [2.05, 4.69) is 6.58 Å². The molecule has 0 aromatic heterocycles. The molecule has 4 heteroatoms. The smallest absolute Gasteiger partial charge is 0.318 e. The summed E-state index contributed by atoms with van der Waals surface area (Å²) in [5.41, 5.74) is 10.5. The molecular formula is C6H11N3O. The second kappa shape index (κ2) is 3.55. The van der Waals surface area contributed by atoms with E-state index in [0.717, 1.165) is 0 Å². The first-order valence-electron chi connectivity index (χ1n) is 2.69. The molecule has 0 unspecified atom stereocenters. The van der Waals surface area contributed by atoms with Gasteiger partial charge in [-0.15, -0.1) is 0 Å². The lowest BCUT2D eigenvalue weighted by atomic mass is 10.5. The number of carbonyl (C=O) groups excluding carboxylic acids is 1. The highest BCUT2D eigenvalue weighted by Gasteiger charge is 1.94. The van der Waals surface area contributed by atoms with Crippen LogP contribution in [0.4, 0.5) is 4.79 Å². The molecule has 0 spiro atoms. The van der Waals surface area contributed by atoms with Gasteiger partial charge in [0.1, 0.15) is 0 Å². The molecule has 56 valence electrons. The topological polar surface area (TPSA) is 72.3 Å². The largest absolute Gasteiger partial charge is 0.399 e. The summed E-state index contributed by atoms with van der Waals surface area (Å²) < 4.78 is 0. The van der Waals surface area contributed by atoms with Crippen LogP contribution in [0.25, 0.3) is 0 Å². The first-order valence-corrected chi connectivity index (χ1v) is 2.69. The monoisotopic (exact) mass is 141 g/mol. The average Bonchev–Trinajstić information content (AvgIpc) is 1.82. The average molecular weight is 141 g/mol. The summed E-state index contributed by atoms with van der Waals surface area (Å²) in [6, 6.07) is -0.530. The molecule has 4 nitrogen and oxygen atoms in total. The Morgan fingerprint density at radius 3 is 2.40 bits per heavy atom. The van der Waals surface area contributed by atoms with Crippen molar-refractivity contribution in [1.82, 2.24) is 4.90 Å². The zero-order chi connectivity index (χ0) is 8.15. The van der Waals surface area contributed by atoms with Crippen LogP contribution in [-0.4, -0.2) is 18.0 Å². The molecule has 0 aromatic carbocycles. The van der Waals surface area contributed by atoms with Crippen LogP contribution in [-0.2, 0) is 0 Å². The number of primary amides is 1. The number of allylic oxidation sites excluding steroid dienone is 1. The zero-order valence-corrected chi connectivity index (χ0v) is 5.87. The van der Waals surface area contributed by atoms with Gasteiger partial charge in [-0.1, -0.05) is 6.58 Å². The minimum absolute atomic E-state index is 0.383. The third kappa shape index (κ3) is 3.54. The first kappa shape index (κ1) is 8.55. The van der Waals surface area contributed by atoms with E-state index in [0.29, 0.717) is 5.70 Å². The molecule has 0 saturated carbocycles. The van der Waals surface area contributed by atoms with E-state index in [-0.39, 0.29) is 0 Å². The Morgan fingerprint density at radius 1 is 1.60 bits per heavy atom. The Hall–Kier alpha value is -1.45. The van der Waals surface area contributed by atoms with E-state index in [4.69, 9.17) is 11.5 Å². The molecule has 0 aliphatic rings. The van der Waals surface area contributed by atoms with E-state index >= 15 is 0 Å². The second-order valence-corrected chi connectivity index (χ2v) is 1.84. The van der Waals surface area contributed by atoms with Crippen molar-refractivity contribution in [2.45, 2.75) is 0 Å². The number of rotatable bonds is 2. The molecular weight excluding hydrogens is 130 g/mol. The van der Waals surface area contributed by atoms with E-state index in [1.807, 2.05) is 0 Å². The Morgan fingerprint density at radius 2 is 2.10 bits per heavy atom. The molecule has 0 saturated heterocycles. The van der Waals surface area contributed by atoms with Gasteiger partial charge in [0.25, 0.3) is 0 Å². The van der Waals surface area contributed by atoms with Crippen LogP contribution < -0.4 is 11.5 Å². The number of amides is 2. The van der Waals surface area contributed by atoms with Crippen molar-refractivity contribution in [2.24, 2.45) is 11.5 Å². The first-order chi connectivity index (χ1) is 4.54. The summed E-state index contributed by atoms with van der Waals surface area (Å²) in [5, 5.41) is 0. The van der Waals surface area contributed by atoms with Gasteiger partial charge < -0.3 is 16.4 Å². The van der Waals surface area contributed by atoms with Crippen molar-refractivity contribution in [1.29, 1.82) is 0 Å².